The Hall–Kier alpha value is -2.04. The van der Waals surface area contributed by atoms with Gasteiger partial charge in [0.05, 0.1) is 16.6 Å². The first-order valence-corrected chi connectivity index (χ1v) is 5.12. The van der Waals surface area contributed by atoms with Gasteiger partial charge in [0, 0.05) is 6.54 Å². The zero-order chi connectivity index (χ0) is 11.7. The Kier molecular flexibility index (Phi) is 2.52. The van der Waals surface area contributed by atoms with Gasteiger partial charge in [0.25, 0.3) is 0 Å². The zero-order valence-electron chi connectivity index (χ0n) is 8.97. The van der Waals surface area contributed by atoms with Gasteiger partial charge in [-0.3, -0.25) is 0 Å². The van der Waals surface area contributed by atoms with Crippen molar-refractivity contribution in [3.05, 3.63) is 23.8 Å². The van der Waals surface area contributed by atoms with Crippen molar-refractivity contribution in [2.75, 3.05) is 5.73 Å². The fourth-order valence-corrected chi connectivity index (χ4v) is 1.73. The van der Waals surface area contributed by atoms with E-state index in [1.807, 2.05) is 11.5 Å². The van der Waals surface area contributed by atoms with Crippen LogP contribution in [0.25, 0.3) is 11.0 Å². The van der Waals surface area contributed by atoms with Crippen molar-refractivity contribution in [3.8, 4) is 0 Å². The standard InChI is InChI=1S/C11H13N3O2/c1-2-5-14-9-6-7(10(15)16)3-4-8(9)13-11(14)12/h3-4,6H,2,5H2,1H3,(H2,12,13)(H,15,16). The Labute approximate surface area is 92.5 Å². The van der Waals surface area contributed by atoms with E-state index in [2.05, 4.69) is 4.98 Å². The highest BCUT2D eigenvalue weighted by Gasteiger charge is 2.10. The predicted octanol–water partition coefficient (Wildman–Crippen LogP) is 1.73. The number of rotatable bonds is 3. The van der Waals surface area contributed by atoms with Gasteiger partial charge in [-0.05, 0) is 24.6 Å². The van der Waals surface area contributed by atoms with Crippen molar-refractivity contribution in [2.45, 2.75) is 19.9 Å². The van der Waals surface area contributed by atoms with Crippen LogP contribution in [-0.2, 0) is 6.54 Å². The molecule has 1 aromatic heterocycles. The van der Waals surface area contributed by atoms with Crippen LogP contribution in [-0.4, -0.2) is 20.6 Å². The summed E-state index contributed by atoms with van der Waals surface area (Å²) in [6, 6.07) is 4.82. The molecule has 16 heavy (non-hydrogen) atoms. The number of benzene rings is 1. The number of aryl methyl sites for hydroxylation is 1. The molecule has 84 valence electrons. The number of hydrogen-bond acceptors (Lipinski definition) is 3. The lowest BCUT2D eigenvalue weighted by Crippen LogP contribution is -2.03. The maximum Gasteiger partial charge on any atom is 0.335 e. The summed E-state index contributed by atoms with van der Waals surface area (Å²) >= 11 is 0. The topological polar surface area (TPSA) is 81.1 Å². The number of carboxylic acids is 1. The van der Waals surface area contributed by atoms with Gasteiger partial charge in [-0.25, -0.2) is 9.78 Å². The number of carboxylic acid groups (broad SMARTS) is 1. The molecule has 0 fully saturated rings. The number of hydrogen-bond donors (Lipinski definition) is 2. The largest absolute Gasteiger partial charge is 0.478 e. The minimum Gasteiger partial charge on any atom is -0.478 e. The molecule has 0 saturated heterocycles. The number of nitrogens with two attached hydrogens (primary N) is 1. The molecule has 0 amide bonds. The number of fused-ring (bicyclic) bond motifs is 1. The van der Waals surface area contributed by atoms with Crippen LogP contribution in [0.3, 0.4) is 0 Å². The van der Waals surface area contributed by atoms with Crippen LogP contribution in [0.5, 0.6) is 0 Å². The van der Waals surface area contributed by atoms with E-state index in [1.54, 1.807) is 12.1 Å². The molecule has 5 nitrogen and oxygen atoms in total. The Bertz CT molecular complexity index is 545. The summed E-state index contributed by atoms with van der Waals surface area (Å²) in [5.74, 6) is -0.510. The van der Waals surface area contributed by atoms with Crippen LogP contribution < -0.4 is 5.73 Å². The smallest absolute Gasteiger partial charge is 0.335 e. The van der Waals surface area contributed by atoms with Gasteiger partial charge in [-0.15, -0.1) is 0 Å². The lowest BCUT2D eigenvalue weighted by Gasteiger charge is -2.03. The Morgan fingerprint density at radius 1 is 1.56 bits per heavy atom. The van der Waals surface area contributed by atoms with Crippen molar-refractivity contribution in [1.29, 1.82) is 0 Å². The normalized spacial score (nSPS) is 10.8. The van der Waals surface area contributed by atoms with Gasteiger partial charge in [0.2, 0.25) is 5.95 Å². The molecule has 1 heterocycles. The molecule has 0 unspecified atom stereocenters. The van der Waals surface area contributed by atoms with Crippen LogP contribution >= 0.6 is 0 Å². The maximum absolute atomic E-state index is 10.9. The van der Waals surface area contributed by atoms with E-state index < -0.39 is 5.97 Å². The summed E-state index contributed by atoms with van der Waals surface area (Å²) in [5, 5.41) is 8.91. The van der Waals surface area contributed by atoms with Crippen LogP contribution in [0.4, 0.5) is 5.95 Å². The summed E-state index contributed by atoms with van der Waals surface area (Å²) in [5.41, 5.74) is 7.53. The second-order valence-corrected chi connectivity index (χ2v) is 3.63. The molecule has 1 aromatic carbocycles. The molecule has 0 bridgehead atoms. The van der Waals surface area contributed by atoms with E-state index in [4.69, 9.17) is 10.8 Å². The highest BCUT2D eigenvalue weighted by atomic mass is 16.4. The lowest BCUT2D eigenvalue weighted by atomic mass is 10.2. The van der Waals surface area contributed by atoms with E-state index in [0.717, 1.165) is 24.0 Å². The SMILES string of the molecule is CCCn1c(N)nc2ccc(C(=O)O)cc21. The molecular formula is C11H13N3O2. The third-order valence-electron chi connectivity index (χ3n) is 2.47. The average molecular weight is 219 g/mol. The number of nitrogen functional groups attached to an aromatic ring is 1. The molecule has 0 atom stereocenters. The third kappa shape index (κ3) is 1.60. The van der Waals surface area contributed by atoms with Crippen LogP contribution in [0, 0.1) is 0 Å². The number of aromatic nitrogens is 2. The van der Waals surface area contributed by atoms with Crippen LogP contribution in [0.2, 0.25) is 0 Å². The summed E-state index contributed by atoms with van der Waals surface area (Å²) < 4.78 is 1.84. The summed E-state index contributed by atoms with van der Waals surface area (Å²) in [6.45, 7) is 2.78. The Balaban J connectivity index is 2.64. The van der Waals surface area contributed by atoms with E-state index >= 15 is 0 Å². The van der Waals surface area contributed by atoms with Crippen LogP contribution in [0.1, 0.15) is 23.7 Å². The highest BCUT2D eigenvalue weighted by Crippen LogP contribution is 2.19. The van der Waals surface area contributed by atoms with Crippen molar-refractivity contribution < 1.29 is 9.90 Å². The first-order valence-electron chi connectivity index (χ1n) is 5.12. The fraction of sp³-hybridized carbons (Fsp3) is 0.273. The molecule has 5 heteroatoms. The molecule has 0 spiro atoms. The van der Waals surface area contributed by atoms with E-state index in [9.17, 15) is 4.79 Å². The third-order valence-corrected chi connectivity index (χ3v) is 2.47. The number of anilines is 1. The first-order chi connectivity index (χ1) is 7.63. The molecule has 0 aliphatic rings. The molecule has 0 radical (unpaired) electrons. The van der Waals surface area contributed by atoms with Crippen molar-refractivity contribution in [2.24, 2.45) is 0 Å². The summed E-state index contributed by atoms with van der Waals surface area (Å²) in [7, 11) is 0. The van der Waals surface area contributed by atoms with E-state index in [0.29, 0.717) is 5.95 Å². The number of aromatic carboxylic acids is 1. The first kappa shape index (κ1) is 10.5. The molecule has 2 aromatic rings. The van der Waals surface area contributed by atoms with Crippen molar-refractivity contribution in [3.63, 3.8) is 0 Å². The quantitative estimate of drug-likeness (QED) is 0.823. The predicted molar refractivity (Wildman–Crippen MR) is 61.4 cm³/mol. The van der Waals surface area contributed by atoms with Gasteiger partial charge in [-0.2, -0.15) is 0 Å². The Morgan fingerprint density at radius 2 is 2.31 bits per heavy atom. The van der Waals surface area contributed by atoms with Crippen LogP contribution in [0.15, 0.2) is 18.2 Å². The monoisotopic (exact) mass is 219 g/mol. The van der Waals surface area contributed by atoms with Crippen molar-refractivity contribution in [1.82, 2.24) is 9.55 Å². The maximum atomic E-state index is 10.9. The molecule has 3 N–H and O–H groups in total. The Morgan fingerprint density at radius 3 is 2.94 bits per heavy atom. The number of carbonyl (C=O) groups is 1. The van der Waals surface area contributed by atoms with Gasteiger partial charge in [-0.1, -0.05) is 6.92 Å². The average Bonchev–Trinajstić information content (AvgIpc) is 2.55. The molecule has 2 rings (SSSR count). The van der Waals surface area contributed by atoms with Gasteiger partial charge in [0.1, 0.15) is 0 Å². The zero-order valence-corrected chi connectivity index (χ0v) is 8.97. The molecular weight excluding hydrogens is 206 g/mol. The molecule has 0 aliphatic heterocycles. The molecule has 0 aliphatic carbocycles. The van der Waals surface area contributed by atoms with Gasteiger partial charge >= 0.3 is 5.97 Å². The summed E-state index contributed by atoms with van der Waals surface area (Å²) in [6.07, 6.45) is 0.924. The van der Waals surface area contributed by atoms with E-state index in [-0.39, 0.29) is 5.56 Å². The van der Waals surface area contributed by atoms with Gasteiger partial charge < -0.3 is 15.4 Å². The van der Waals surface area contributed by atoms with Gasteiger partial charge in [0.15, 0.2) is 0 Å². The minimum atomic E-state index is -0.940. The minimum absolute atomic E-state index is 0.254. The second-order valence-electron chi connectivity index (χ2n) is 3.63. The lowest BCUT2D eigenvalue weighted by molar-refractivity contribution is 0.0697. The number of nitrogens with zero attached hydrogens (tertiary/aromatic N) is 2. The number of imidazole rings is 1. The second kappa shape index (κ2) is 3.84. The van der Waals surface area contributed by atoms with E-state index in [1.165, 1.54) is 6.07 Å². The molecule has 0 saturated carbocycles. The van der Waals surface area contributed by atoms with Crippen molar-refractivity contribution >= 4 is 23.0 Å². The highest BCUT2D eigenvalue weighted by molar-refractivity contribution is 5.92. The summed E-state index contributed by atoms with van der Waals surface area (Å²) in [4.78, 5) is 15.0. The fourth-order valence-electron chi connectivity index (χ4n) is 1.73.